The molecule has 0 bridgehead atoms. The van der Waals surface area contributed by atoms with Gasteiger partial charge in [0.2, 0.25) is 11.8 Å². The van der Waals surface area contributed by atoms with E-state index in [1.807, 2.05) is 0 Å². The van der Waals surface area contributed by atoms with Crippen LogP contribution in [0.25, 0.3) is 0 Å². The van der Waals surface area contributed by atoms with E-state index < -0.39 is 5.54 Å². The van der Waals surface area contributed by atoms with Gasteiger partial charge in [-0.2, -0.15) is 0 Å². The first kappa shape index (κ1) is 10.2. The van der Waals surface area contributed by atoms with Gasteiger partial charge in [0.1, 0.15) is 0 Å². The molecule has 1 fully saturated rings. The highest BCUT2D eigenvalue weighted by Gasteiger charge is 2.43. The molecule has 74 valence electrons. The molecule has 0 radical (unpaired) electrons. The van der Waals surface area contributed by atoms with E-state index in [0.29, 0.717) is 0 Å². The summed E-state index contributed by atoms with van der Waals surface area (Å²) in [6, 6.07) is 0. The first-order valence-electron chi connectivity index (χ1n) is 4.38. The Bertz CT molecular complexity index is 247. The van der Waals surface area contributed by atoms with E-state index in [1.165, 1.54) is 4.90 Å². The van der Waals surface area contributed by atoms with Gasteiger partial charge in [0, 0.05) is 12.3 Å². The summed E-state index contributed by atoms with van der Waals surface area (Å²) in [7, 11) is 0. The molecule has 4 nitrogen and oxygen atoms in total. The average molecular weight is 185 g/mol. The molecule has 1 saturated heterocycles. The van der Waals surface area contributed by atoms with Crippen LogP contribution in [-0.2, 0) is 9.59 Å². The quantitative estimate of drug-likeness (QED) is 0.623. The minimum absolute atomic E-state index is 0.177. The summed E-state index contributed by atoms with van der Waals surface area (Å²) in [6.45, 7) is 4.90. The second-order valence-electron chi connectivity index (χ2n) is 4.14. The standard InChI is InChI=1S/C9H15NO3/c1-6-4-7(12)10(8(6)13)9(2,3)5-11/h6,11H,4-5H2,1-3H3. The van der Waals surface area contributed by atoms with Gasteiger partial charge in [-0.3, -0.25) is 14.5 Å². The summed E-state index contributed by atoms with van der Waals surface area (Å²) in [5, 5.41) is 9.03. The Morgan fingerprint density at radius 2 is 2.08 bits per heavy atom. The van der Waals surface area contributed by atoms with Crippen LogP contribution in [0.3, 0.4) is 0 Å². The monoisotopic (exact) mass is 185 g/mol. The molecule has 0 spiro atoms. The average Bonchev–Trinajstić information content (AvgIpc) is 2.27. The van der Waals surface area contributed by atoms with Gasteiger partial charge in [-0.25, -0.2) is 0 Å². The predicted octanol–water partition coefficient (Wildman–Crippen LogP) is 0.152. The number of hydrogen-bond acceptors (Lipinski definition) is 3. The van der Waals surface area contributed by atoms with Crippen molar-refractivity contribution in [1.29, 1.82) is 0 Å². The largest absolute Gasteiger partial charge is 0.394 e. The van der Waals surface area contributed by atoms with E-state index >= 15 is 0 Å². The van der Waals surface area contributed by atoms with Crippen molar-refractivity contribution in [3.63, 3.8) is 0 Å². The van der Waals surface area contributed by atoms with Crippen molar-refractivity contribution in [3.8, 4) is 0 Å². The maximum Gasteiger partial charge on any atom is 0.233 e. The Kier molecular flexibility index (Phi) is 2.43. The lowest BCUT2D eigenvalue weighted by atomic mass is 10.0. The van der Waals surface area contributed by atoms with Crippen molar-refractivity contribution in [1.82, 2.24) is 4.90 Å². The van der Waals surface area contributed by atoms with Crippen molar-refractivity contribution in [2.45, 2.75) is 32.7 Å². The summed E-state index contributed by atoms with van der Waals surface area (Å²) >= 11 is 0. The minimum atomic E-state index is -0.765. The number of carbonyl (C=O) groups is 2. The summed E-state index contributed by atoms with van der Waals surface area (Å²) in [5.74, 6) is -0.598. The SMILES string of the molecule is CC1CC(=O)N(C(C)(C)CO)C1=O. The zero-order chi connectivity index (χ0) is 10.2. The number of carbonyl (C=O) groups excluding carboxylic acids is 2. The van der Waals surface area contributed by atoms with Crippen LogP contribution in [0.1, 0.15) is 27.2 Å². The Morgan fingerprint density at radius 3 is 2.38 bits per heavy atom. The van der Waals surface area contributed by atoms with E-state index in [1.54, 1.807) is 20.8 Å². The highest BCUT2D eigenvalue weighted by molar-refractivity contribution is 6.04. The molecule has 4 heteroatoms. The number of nitrogens with zero attached hydrogens (tertiary/aromatic N) is 1. The van der Waals surface area contributed by atoms with Gasteiger partial charge in [0.25, 0.3) is 0 Å². The van der Waals surface area contributed by atoms with Gasteiger partial charge in [0.15, 0.2) is 0 Å². The zero-order valence-electron chi connectivity index (χ0n) is 8.20. The number of likely N-dealkylation sites (tertiary alicyclic amines) is 1. The van der Waals surface area contributed by atoms with E-state index in [4.69, 9.17) is 5.11 Å². The van der Waals surface area contributed by atoms with E-state index in [-0.39, 0.29) is 30.8 Å². The third-order valence-corrected chi connectivity index (χ3v) is 2.36. The molecule has 1 heterocycles. The highest BCUT2D eigenvalue weighted by atomic mass is 16.3. The van der Waals surface area contributed by atoms with Gasteiger partial charge >= 0.3 is 0 Å². The Morgan fingerprint density at radius 1 is 1.54 bits per heavy atom. The number of imide groups is 1. The Balaban J connectivity index is 2.92. The first-order chi connectivity index (χ1) is 5.90. The number of aliphatic hydroxyl groups is 1. The fraction of sp³-hybridized carbons (Fsp3) is 0.778. The lowest BCUT2D eigenvalue weighted by molar-refractivity contribution is -0.146. The van der Waals surface area contributed by atoms with Crippen LogP contribution in [0.5, 0.6) is 0 Å². The number of aliphatic hydroxyl groups excluding tert-OH is 1. The fourth-order valence-electron chi connectivity index (χ4n) is 1.49. The minimum Gasteiger partial charge on any atom is -0.394 e. The van der Waals surface area contributed by atoms with Crippen LogP contribution < -0.4 is 0 Å². The first-order valence-corrected chi connectivity index (χ1v) is 4.38. The molecule has 1 aliphatic heterocycles. The fourth-order valence-corrected chi connectivity index (χ4v) is 1.49. The summed E-state index contributed by atoms with van der Waals surface area (Å²) in [5.41, 5.74) is -0.765. The molecule has 1 rings (SSSR count). The Hall–Kier alpha value is -0.900. The van der Waals surface area contributed by atoms with Gasteiger partial charge in [-0.15, -0.1) is 0 Å². The molecule has 0 aromatic rings. The number of amides is 2. The molecule has 0 aromatic heterocycles. The van der Waals surface area contributed by atoms with Gasteiger partial charge in [0.05, 0.1) is 12.1 Å². The van der Waals surface area contributed by atoms with Crippen LogP contribution in [0.2, 0.25) is 0 Å². The molecular formula is C9H15NO3. The van der Waals surface area contributed by atoms with E-state index in [9.17, 15) is 9.59 Å². The lowest BCUT2D eigenvalue weighted by Crippen LogP contribution is -2.50. The van der Waals surface area contributed by atoms with Crippen molar-refractivity contribution in [2.75, 3.05) is 6.61 Å². The van der Waals surface area contributed by atoms with E-state index in [0.717, 1.165) is 0 Å². The third-order valence-electron chi connectivity index (χ3n) is 2.36. The molecule has 0 aliphatic carbocycles. The molecule has 2 amide bonds. The van der Waals surface area contributed by atoms with Crippen LogP contribution in [0.15, 0.2) is 0 Å². The van der Waals surface area contributed by atoms with E-state index in [2.05, 4.69) is 0 Å². The molecule has 13 heavy (non-hydrogen) atoms. The van der Waals surface area contributed by atoms with Crippen molar-refractivity contribution in [2.24, 2.45) is 5.92 Å². The summed E-state index contributed by atoms with van der Waals surface area (Å²) < 4.78 is 0. The van der Waals surface area contributed by atoms with Crippen LogP contribution in [-0.4, -0.2) is 34.0 Å². The zero-order valence-corrected chi connectivity index (χ0v) is 8.20. The molecule has 1 N–H and O–H groups in total. The number of rotatable bonds is 2. The smallest absolute Gasteiger partial charge is 0.233 e. The van der Waals surface area contributed by atoms with Crippen LogP contribution in [0.4, 0.5) is 0 Å². The Labute approximate surface area is 77.5 Å². The van der Waals surface area contributed by atoms with Crippen LogP contribution in [0, 0.1) is 5.92 Å². The highest BCUT2D eigenvalue weighted by Crippen LogP contribution is 2.26. The molecule has 1 atom stereocenters. The van der Waals surface area contributed by atoms with Gasteiger partial charge in [-0.05, 0) is 13.8 Å². The molecular weight excluding hydrogens is 170 g/mol. The van der Waals surface area contributed by atoms with Gasteiger partial charge < -0.3 is 5.11 Å². The predicted molar refractivity (Wildman–Crippen MR) is 46.8 cm³/mol. The van der Waals surface area contributed by atoms with Gasteiger partial charge in [-0.1, -0.05) is 6.92 Å². The number of hydrogen-bond donors (Lipinski definition) is 1. The maximum atomic E-state index is 11.5. The topological polar surface area (TPSA) is 57.6 Å². The maximum absolute atomic E-state index is 11.5. The van der Waals surface area contributed by atoms with Crippen molar-refractivity contribution < 1.29 is 14.7 Å². The van der Waals surface area contributed by atoms with Crippen molar-refractivity contribution >= 4 is 11.8 Å². The summed E-state index contributed by atoms with van der Waals surface area (Å²) in [6.07, 6.45) is 0.266. The second-order valence-corrected chi connectivity index (χ2v) is 4.14. The molecule has 1 aliphatic rings. The molecule has 0 aromatic carbocycles. The lowest BCUT2D eigenvalue weighted by Gasteiger charge is -2.32. The third kappa shape index (κ3) is 1.58. The summed E-state index contributed by atoms with van der Waals surface area (Å²) in [4.78, 5) is 24.1. The van der Waals surface area contributed by atoms with Crippen LogP contribution >= 0.6 is 0 Å². The normalized spacial score (nSPS) is 24.3. The second kappa shape index (κ2) is 3.10. The molecule has 0 saturated carbocycles. The molecule has 1 unspecified atom stereocenters. The van der Waals surface area contributed by atoms with Crippen molar-refractivity contribution in [3.05, 3.63) is 0 Å².